The number of aryl methyl sites for hydroxylation is 2. The van der Waals surface area contributed by atoms with Crippen molar-refractivity contribution in [1.82, 2.24) is 5.32 Å². The van der Waals surface area contributed by atoms with Gasteiger partial charge in [0.05, 0.1) is 5.41 Å². The molecule has 0 saturated carbocycles. The Bertz CT molecular complexity index is 1220. The molecule has 4 rings (SSSR count). The first-order valence-corrected chi connectivity index (χ1v) is 12.1. The molecule has 4 heteroatoms. The lowest BCUT2D eigenvalue weighted by molar-refractivity contribution is -0.141. The van der Waals surface area contributed by atoms with Crippen LogP contribution in [-0.4, -0.2) is 23.0 Å². The van der Waals surface area contributed by atoms with E-state index in [-0.39, 0.29) is 18.7 Å². The Labute approximate surface area is 212 Å². The molecule has 0 aliphatic rings. The Morgan fingerprint density at radius 2 is 1.19 bits per heavy atom. The second-order valence-corrected chi connectivity index (χ2v) is 9.26. The van der Waals surface area contributed by atoms with Gasteiger partial charge in [-0.05, 0) is 47.2 Å². The summed E-state index contributed by atoms with van der Waals surface area (Å²) in [6.07, 6.45) is 0.291. The van der Waals surface area contributed by atoms with Crippen LogP contribution in [0.15, 0.2) is 109 Å². The molecule has 0 saturated heterocycles. The number of aliphatic carboxylic acids is 1. The van der Waals surface area contributed by atoms with Gasteiger partial charge < -0.3 is 10.4 Å². The van der Waals surface area contributed by atoms with E-state index in [0.29, 0.717) is 0 Å². The zero-order chi connectivity index (χ0) is 25.5. The molecule has 0 radical (unpaired) electrons. The predicted molar refractivity (Wildman–Crippen MR) is 143 cm³/mol. The van der Waals surface area contributed by atoms with Crippen molar-refractivity contribution in [2.24, 2.45) is 0 Å². The molecule has 4 nitrogen and oxygen atoms in total. The number of carboxylic acid groups (broad SMARTS) is 1. The molecule has 2 N–H and O–H groups in total. The number of nitrogens with one attached hydrogen (secondary N) is 1. The SMILES string of the molecule is Cc1ccc(C[C@@H](NC(=O)CC(c2ccccc2)(c2ccccc2)c2ccccc2)C(=O)O)cc1C. The summed E-state index contributed by atoms with van der Waals surface area (Å²) >= 11 is 0. The van der Waals surface area contributed by atoms with Crippen molar-refractivity contribution in [1.29, 1.82) is 0 Å². The van der Waals surface area contributed by atoms with Crippen LogP contribution in [0.3, 0.4) is 0 Å². The van der Waals surface area contributed by atoms with E-state index in [1.54, 1.807) is 0 Å². The van der Waals surface area contributed by atoms with E-state index >= 15 is 0 Å². The molecule has 4 aromatic rings. The molecule has 0 heterocycles. The van der Waals surface area contributed by atoms with Gasteiger partial charge in [-0.2, -0.15) is 0 Å². The van der Waals surface area contributed by atoms with Crippen molar-refractivity contribution < 1.29 is 14.7 Å². The number of amides is 1. The molecule has 0 aliphatic heterocycles. The van der Waals surface area contributed by atoms with Crippen LogP contribution in [0.5, 0.6) is 0 Å². The quantitative estimate of drug-likeness (QED) is 0.298. The van der Waals surface area contributed by atoms with E-state index in [2.05, 4.69) is 5.32 Å². The summed E-state index contributed by atoms with van der Waals surface area (Å²) in [5.74, 6) is -1.37. The lowest BCUT2D eigenvalue weighted by atomic mass is 9.67. The molecule has 182 valence electrons. The molecular weight excluding hydrogens is 446 g/mol. The van der Waals surface area contributed by atoms with Gasteiger partial charge in [0.1, 0.15) is 6.04 Å². The Kier molecular flexibility index (Phi) is 7.65. The lowest BCUT2D eigenvalue weighted by Gasteiger charge is -2.36. The van der Waals surface area contributed by atoms with Crippen LogP contribution in [0, 0.1) is 13.8 Å². The van der Waals surface area contributed by atoms with E-state index in [1.165, 1.54) is 0 Å². The first-order valence-electron chi connectivity index (χ1n) is 12.1. The standard InChI is InChI=1S/C32H31NO3/c1-23-18-19-25(20-24(23)2)21-29(31(35)36)33-30(34)22-32(26-12-6-3-7-13-26,27-14-8-4-9-15-27)28-16-10-5-11-17-28/h3-20,29H,21-22H2,1-2H3,(H,33,34)(H,35,36)/t29-/m1/s1. The Balaban J connectivity index is 1.72. The van der Waals surface area contributed by atoms with Gasteiger partial charge in [-0.15, -0.1) is 0 Å². The first kappa shape index (κ1) is 24.9. The summed E-state index contributed by atoms with van der Waals surface area (Å²) in [6.45, 7) is 4.02. The largest absolute Gasteiger partial charge is 0.480 e. The molecule has 0 aromatic heterocycles. The maximum Gasteiger partial charge on any atom is 0.326 e. The van der Waals surface area contributed by atoms with Crippen LogP contribution in [0.1, 0.15) is 39.8 Å². The maximum atomic E-state index is 13.6. The van der Waals surface area contributed by atoms with Gasteiger partial charge in [-0.25, -0.2) is 4.79 Å². The smallest absolute Gasteiger partial charge is 0.326 e. The lowest BCUT2D eigenvalue weighted by Crippen LogP contribution is -2.45. The molecule has 0 aliphatic carbocycles. The van der Waals surface area contributed by atoms with Gasteiger partial charge in [0.2, 0.25) is 5.91 Å². The number of benzene rings is 4. The monoisotopic (exact) mass is 477 g/mol. The number of hydrogen-bond acceptors (Lipinski definition) is 2. The van der Waals surface area contributed by atoms with Gasteiger partial charge in [0.15, 0.2) is 0 Å². The minimum absolute atomic E-state index is 0.0712. The van der Waals surface area contributed by atoms with E-state index in [4.69, 9.17) is 0 Å². The van der Waals surface area contributed by atoms with Crippen molar-refractivity contribution in [3.8, 4) is 0 Å². The molecule has 0 unspecified atom stereocenters. The molecule has 0 fully saturated rings. The van der Waals surface area contributed by atoms with Crippen molar-refractivity contribution in [2.45, 2.75) is 38.1 Å². The first-order chi connectivity index (χ1) is 17.4. The van der Waals surface area contributed by atoms with Crippen LogP contribution >= 0.6 is 0 Å². The van der Waals surface area contributed by atoms with Gasteiger partial charge in [0, 0.05) is 12.8 Å². The van der Waals surface area contributed by atoms with Crippen LogP contribution in [0.4, 0.5) is 0 Å². The molecule has 0 spiro atoms. The number of carboxylic acids is 1. The normalized spacial score (nSPS) is 12.1. The number of rotatable bonds is 9. The zero-order valence-corrected chi connectivity index (χ0v) is 20.6. The molecule has 4 aromatic carbocycles. The average Bonchev–Trinajstić information content (AvgIpc) is 2.90. The minimum Gasteiger partial charge on any atom is -0.480 e. The summed E-state index contributed by atoms with van der Waals surface area (Å²) in [4.78, 5) is 25.8. The summed E-state index contributed by atoms with van der Waals surface area (Å²) < 4.78 is 0. The maximum absolute atomic E-state index is 13.6. The topological polar surface area (TPSA) is 66.4 Å². The number of hydrogen-bond donors (Lipinski definition) is 2. The molecular formula is C32H31NO3. The second kappa shape index (κ2) is 11.0. The average molecular weight is 478 g/mol. The van der Waals surface area contributed by atoms with Crippen molar-refractivity contribution >= 4 is 11.9 Å². The van der Waals surface area contributed by atoms with Crippen LogP contribution in [0.2, 0.25) is 0 Å². The summed E-state index contributed by atoms with van der Waals surface area (Å²) in [6, 6.07) is 34.7. The summed E-state index contributed by atoms with van der Waals surface area (Å²) in [5, 5.41) is 12.8. The number of carbonyl (C=O) groups is 2. The van der Waals surface area contributed by atoms with Crippen molar-refractivity contribution in [2.75, 3.05) is 0 Å². The van der Waals surface area contributed by atoms with E-state index in [9.17, 15) is 14.7 Å². The van der Waals surface area contributed by atoms with Crippen LogP contribution in [0.25, 0.3) is 0 Å². The molecule has 1 atom stereocenters. The van der Waals surface area contributed by atoms with Crippen LogP contribution in [-0.2, 0) is 21.4 Å². The fraction of sp³-hybridized carbons (Fsp3) is 0.188. The van der Waals surface area contributed by atoms with Crippen molar-refractivity contribution in [3.63, 3.8) is 0 Å². The molecule has 1 amide bonds. The summed E-state index contributed by atoms with van der Waals surface area (Å²) in [5.41, 5.74) is 5.26. The van der Waals surface area contributed by atoms with Crippen LogP contribution < -0.4 is 5.32 Å². The highest BCUT2D eigenvalue weighted by molar-refractivity contribution is 5.85. The van der Waals surface area contributed by atoms with E-state index < -0.39 is 17.4 Å². The zero-order valence-electron chi connectivity index (χ0n) is 20.6. The van der Waals surface area contributed by atoms with Gasteiger partial charge >= 0.3 is 5.97 Å². The Morgan fingerprint density at radius 1 is 0.722 bits per heavy atom. The third-order valence-electron chi connectivity index (χ3n) is 6.87. The highest BCUT2D eigenvalue weighted by Gasteiger charge is 2.39. The molecule has 0 bridgehead atoms. The Hall–Kier alpha value is -4.18. The highest BCUT2D eigenvalue weighted by atomic mass is 16.4. The fourth-order valence-corrected chi connectivity index (χ4v) is 4.83. The van der Waals surface area contributed by atoms with Gasteiger partial charge in [0.25, 0.3) is 0 Å². The van der Waals surface area contributed by atoms with Gasteiger partial charge in [-0.1, -0.05) is 109 Å². The third-order valence-corrected chi connectivity index (χ3v) is 6.87. The van der Waals surface area contributed by atoms with Gasteiger partial charge in [-0.3, -0.25) is 4.79 Å². The summed E-state index contributed by atoms with van der Waals surface area (Å²) in [7, 11) is 0. The fourth-order valence-electron chi connectivity index (χ4n) is 4.83. The van der Waals surface area contributed by atoms with Crippen molar-refractivity contribution in [3.05, 3.63) is 143 Å². The number of carbonyl (C=O) groups excluding carboxylic acids is 1. The van der Waals surface area contributed by atoms with E-state index in [1.807, 2.05) is 123 Å². The predicted octanol–water partition coefficient (Wildman–Crippen LogP) is 5.84. The third kappa shape index (κ3) is 5.38. The molecule has 36 heavy (non-hydrogen) atoms. The Morgan fingerprint density at radius 3 is 1.61 bits per heavy atom. The second-order valence-electron chi connectivity index (χ2n) is 9.26. The highest BCUT2D eigenvalue weighted by Crippen LogP contribution is 2.42. The van der Waals surface area contributed by atoms with E-state index in [0.717, 1.165) is 33.4 Å². The minimum atomic E-state index is -1.05.